The highest BCUT2D eigenvalue weighted by atomic mass is 32.1. The molecule has 1 saturated carbocycles. The summed E-state index contributed by atoms with van der Waals surface area (Å²) in [5, 5.41) is 1.98. The Morgan fingerprint density at radius 3 is 2.87 bits per heavy atom. The molecule has 0 bridgehead atoms. The standard InChI is InChI=1S/C11H15NO2S/c12-8-11(4-2-5-11)10(13)14-7-9-3-1-6-15-9/h1,3,6H,2,4-5,7-8,12H2. The number of nitrogens with two attached hydrogens (primary N) is 1. The van der Waals surface area contributed by atoms with Gasteiger partial charge in [0.2, 0.25) is 0 Å². The van der Waals surface area contributed by atoms with Crippen LogP contribution < -0.4 is 5.73 Å². The van der Waals surface area contributed by atoms with E-state index in [4.69, 9.17) is 10.5 Å². The lowest BCUT2D eigenvalue weighted by atomic mass is 9.69. The average Bonchev–Trinajstić information content (AvgIpc) is 2.66. The fraction of sp³-hybridized carbons (Fsp3) is 0.545. The molecule has 0 spiro atoms. The van der Waals surface area contributed by atoms with Crippen LogP contribution in [0.15, 0.2) is 17.5 Å². The average molecular weight is 225 g/mol. The zero-order valence-electron chi connectivity index (χ0n) is 8.57. The summed E-state index contributed by atoms with van der Waals surface area (Å²) in [5.41, 5.74) is 5.26. The first kappa shape index (κ1) is 10.6. The Labute approximate surface area is 93.2 Å². The van der Waals surface area contributed by atoms with Crippen LogP contribution in [0.2, 0.25) is 0 Å². The number of esters is 1. The molecule has 2 N–H and O–H groups in total. The number of ether oxygens (including phenoxy) is 1. The lowest BCUT2D eigenvalue weighted by Gasteiger charge is -2.37. The molecule has 0 amide bonds. The molecule has 1 aromatic rings. The van der Waals surface area contributed by atoms with E-state index in [1.54, 1.807) is 11.3 Å². The Bertz CT molecular complexity index is 325. The van der Waals surface area contributed by atoms with Gasteiger partial charge in [-0.05, 0) is 24.3 Å². The number of carbonyl (C=O) groups excluding carboxylic acids is 1. The van der Waals surface area contributed by atoms with Crippen molar-refractivity contribution in [1.82, 2.24) is 0 Å². The van der Waals surface area contributed by atoms with Gasteiger partial charge in [0.05, 0.1) is 5.41 Å². The molecule has 1 aromatic heterocycles. The summed E-state index contributed by atoms with van der Waals surface area (Å²) in [4.78, 5) is 12.9. The van der Waals surface area contributed by atoms with E-state index in [0.29, 0.717) is 13.2 Å². The number of hydrogen-bond donors (Lipinski definition) is 1. The molecule has 1 fully saturated rings. The molecule has 0 atom stereocenters. The van der Waals surface area contributed by atoms with E-state index in [2.05, 4.69) is 0 Å². The molecule has 0 aromatic carbocycles. The van der Waals surface area contributed by atoms with Crippen LogP contribution in [0.5, 0.6) is 0 Å². The van der Waals surface area contributed by atoms with Crippen molar-refractivity contribution in [3.05, 3.63) is 22.4 Å². The Morgan fingerprint density at radius 2 is 2.40 bits per heavy atom. The molecule has 1 aliphatic rings. The van der Waals surface area contributed by atoms with Gasteiger partial charge in [0.15, 0.2) is 0 Å². The molecule has 4 heteroatoms. The maximum atomic E-state index is 11.8. The van der Waals surface area contributed by atoms with E-state index in [1.165, 1.54) is 0 Å². The monoisotopic (exact) mass is 225 g/mol. The number of carbonyl (C=O) groups is 1. The van der Waals surface area contributed by atoms with Gasteiger partial charge < -0.3 is 10.5 Å². The molecule has 3 nitrogen and oxygen atoms in total. The molecule has 2 rings (SSSR count). The fourth-order valence-corrected chi connectivity index (χ4v) is 2.40. The summed E-state index contributed by atoms with van der Waals surface area (Å²) in [7, 11) is 0. The van der Waals surface area contributed by atoms with Gasteiger partial charge in [0.25, 0.3) is 0 Å². The molecule has 0 unspecified atom stereocenters. The first-order valence-corrected chi connectivity index (χ1v) is 6.04. The predicted molar refractivity (Wildman–Crippen MR) is 59.5 cm³/mol. The second-order valence-electron chi connectivity index (χ2n) is 3.99. The van der Waals surface area contributed by atoms with Crippen LogP contribution in [-0.4, -0.2) is 12.5 Å². The van der Waals surface area contributed by atoms with Crippen molar-refractivity contribution < 1.29 is 9.53 Å². The second-order valence-corrected chi connectivity index (χ2v) is 5.03. The first-order valence-electron chi connectivity index (χ1n) is 5.16. The topological polar surface area (TPSA) is 52.3 Å². The third kappa shape index (κ3) is 2.06. The third-order valence-electron chi connectivity index (χ3n) is 3.06. The maximum Gasteiger partial charge on any atom is 0.313 e. The lowest BCUT2D eigenvalue weighted by molar-refractivity contribution is -0.162. The first-order chi connectivity index (χ1) is 7.27. The minimum Gasteiger partial charge on any atom is -0.460 e. The molecule has 0 saturated heterocycles. The lowest BCUT2D eigenvalue weighted by Crippen LogP contribution is -2.45. The van der Waals surface area contributed by atoms with Gasteiger partial charge in [0, 0.05) is 11.4 Å². The van der Waals surface area contributed by atoms with Gasteiger partial charge >= 0.3 is 5.97 Å². The van der Waals surface area contributed by atoms with Crippen LogP contribution >= 0.6 is 11.3 Å². The van der Waals surface area contributed by atoms with Gasteiger partial charge in [-0.25, -0.2) is 0 Å². The quantitative estimate of drug-likeness (QED) is 0.796. The van der Waals surface area contributed by atoms with Crippen molar-refractivity contribution in [2.24, 2.45) is 11.1 Å². The van der Waals surface area contributed by atoms with Crippen molar-refractivity contribution in [1.29, 1.82) is 0 Å². The Balaban J connectivity index is 1.87. The van der Waals surface area contributed by atoms with E-state index < -0.39 is 0 Å². The van der Waals surface area contributed by atoms with Crippen LogP contribution in [0.3, 0.4) is 0 Å². The zero-order chi connectivity index (χ0) is 10.7. The van der Waals surface area contributed by atoms with Crippen LogP contribution in [0.1, 0.15) is 24.1 Å². The maximum absolute atomic E-state index is 11.8. The minimum absolute atomic E-state index is 0.121. The summed E-state index contributed by atoms with van der Waals surface area (Å²) in [5.74, 6) is -0.121. The summed E-state index contributed by atoms with van der Waals surface area (Å²) in [6.45, 7) is 0.800. The number of thiophene rings is 1. The molecular weight excluding hydrogens is 210 g/mol. The van der Waals surface area contributed by atoms with E-state index in [-0.39, 0.29) is 11.4 Å². The summed E-state index contributed by atoms with van der Waals surface area (Å²) in [6.07, 6.45) is 2.85. The molecule has 15 heavy (non-hydrogen) atoms. The highest BCUT2D eigenvalue weighted by molar-refractivity contribution is 7.09. The van der Waals surface area contributed by atoms with Crippen molar-refractivity contribution in [3.8, 4) is 0 Å². The molecule has 1 aliphatic carbocycles. The largest absolute Gasteiger partial charge is 0.460 e. The van der Waals surface area contributed by atoms with E-state index >= 15 is 0 Å². The van der Waals surface area contributed by atoms with Crippen LogP contribution in [0.25, 0.3) is 0 Å². The van der Waals surface area contributed by atoms with Crippen molar-refractivity contribution >= 4 is 17.3 Å². The van der Waals surface area contributed by atoms with Crippen LogP contribution in [0.4, 0.5) is 0 Å². The third-order valence-corrected chi connectivity index (χ3v) is 3.91. The van der Waals surface area contributed by atoms with E-state index in [0.717, 1.165) is 24.1 Å². The molecule has 82 valence electrons. The number of hydrogen-bond acceptors (Lipinski definition) is 4. The second kappa shape index (κ2) is 4.33. The highest BCUT2D eigenvalue weighted by Gasteiger charge is 2.44. The van der Waals surface area contributed by atoms with Crippen molar-refractivity contribution in [2.75, 3.05) is 6.54 Å². The Kier molecular flexibility index (Phi) is 3.07. The van der Waals surface area contributed by atoms with Crippen LogP contribution in [-0.2, 0) is 16.1 Å². The predicted octanol–water partition coefficient (Wildman–Crippen LogP) is 1.92. The molecule has 0 aliphatic heterocycles. The molecular formula is C11H15NO2S. The molecule has 0 radical (unpaired) electrons. The minimum atomic E-state index is -0.364. The SMILES string of the molecule is NCC1(C(=O)OCc2cccs2)CCC1. The Hall–Kier alpha value is -0.870. The van der Waals surface area contributed by atoms with Gasteiger partial charge in [-0.2, -0.15) is 0 Å². The summed E-state index contributed by atoms with van der Waals surface area (Å²) < 4.78 is 5.28. The number of rotatable bonds is 4. The zero-order valence-corrected chi connectivity index (χ0v) is 9.39. The Morgan fingerprint density at radius 1 is 1.60 bits per heavy atom. The summed E-state index contributed by atoms with van der Waals surface area (Å²) >= 11 is 1.60. The van der Waals surface area contributed by atoms with E-state index in [9.17, 15) is 4.79 Å². The van der Waals surface area contributed by atoms with Gasteiger partial charge in [-0.3, -0.25) is 4.79 Å². The van der Waals surface area contributed by atoms with E-state index in [1.807, 2.05) is 17.5 Å². The van der Waals surface area contributed by atoms with Crippen molar-refractivity contribution in [2.45, 2.75) is 25.9 Å². The van der Waals surface area contributed by atoms with Crippen molar-refractivity contribution in [3.63, 3.8) is 0 Å². The van der Waals surface area contributed by atoms with Gasteiger partial charge in [-0.1, -0.05) is 12.5 Å². The normalized spacial score (nSPS) is 18.2. The molecule has 1 heterocycles. The van der Waals surface area contributed by atoms with Gasteiger partial charge in [0.1, 0.15) is 6.61 Å². The smallest absolute Gasteiger partial charge is 0.313 e. The summed E-state index contributed by atoms with van der Waals surface area (Å²) in [6, 6.07) is 3.92. The van der Waals surface area contributed by atoms with Crippen LogP contribution in [0, 0.1) is 5.41 Å². The fourth-order valence-electron chi connectivity index (χ4n) is 1.78. The van der Waals surface area contributed by atoms with Gasteiger partial charge in [-0.15, -0.1) is 11.3 Å². The highest BCUT2D eigenvalue weighted by Crippen LogP contribution is 2.41.